The second kappa shape index (κ2) is 7.97. The molecule has 1 amide bonds. The highest BCUT2D eigenvalue weighted by atomic mass is 32.2. The summed E-state index contributed by atoms with van der Waals surface area (Å²) in [6.07, 6.45) is 0.580. The Morgan fingerprint density at radius 2 is 1.64 bits per heavy atom. The molecule has 1 fully saturated rings. The minimum Gasteiger partial charge on any atom is -0.496 e. The first-order valence-corrected chi connectivity index (χ1v) is 10.2. The minimum atomic E-state index is -3.30. The SMILES string of the molecule is COc1cc(N2CCCS2(=O)=O)ccc1NC(=O)c1c(OC)cccc1OC. The molecule has 0 radical (unpaired) electrons. The zero-order chi connectivity index (χ0) is 20.3. The molecular formula is C19H22N2O6S. The van der Waals surface area contributed by atoms with E-state index in [2.05, 4.69) is 5.32 Å². The summed E-state index contributed by atoms with van der Waals surface area (Å²) in [7, 11) is 1.09. The summed E-state index contributed by atoms with van der Waals surface area (Å²) >= 11 is 0. The number of rotatable bonds is 6. The number of hydrogen-bond donors (Lipinski definition) is 1. The third-order valence-electron chi connectivity index (χ3n) is 4.48. The lowest BCUT2D eigenvalue weighted by Crippen LogP contribution is -2.25. The molecule has 28 heavy (non-hydrogen) atoms. The lowest BCUT2D eigenvalue weighted by molar-refractivity contribution is 0.102. The second-order valence-electron chi connectivity index (χ2n) is 6.12. The summed E-state index contributed by atoms with van der Waals surface area (Å²) in [6, 6.07) is 9.90. The summed E-state index contributed by atoms with van der Waals surface area (Å²) in [5, 5.41) is 2.77. The highest BCUT2D eigenvalue weighted by molar-refractivity contribution is 7.93. The van der Waals surface area contributed by atoms with Gasteiger partial charge in [0.2, 0.25) is 10.0 Å². The van der Waals surface area contributed by atoms with E-state index < -0.39 is 15.9 Å². The molecule has 8 nitrogen and oxygen atoms in total. The van der Waals surface area contributed by atoms with Gasteiger partial charge in [0.25, 0.3) is 5.91 Å². The molecule has 0 aliphatic carbocycles. The van der Waals surface area contributed by atoms with E-state index >= 15 is 0 Å². The molecule has 0 aromatic heterocycles. The topological polar surface area (TPSA) is 94.2 Å². The van der Waals surface area contributed by atoms with Gasteiger partial charge in [0, 0.05) is 12.6 Å². The van der Waals surface area contributed by atoms with Crippen LogP contribution in [0.3, 0.4) is 0 Å². The largest absolute Gasteiger partial charge is 0.496 e. The van der Waals surface area contributed by atoms with Crippen LogP contribution in [0.5, 0.6) is 17.2 Å². The van der Waals surface area contributed by atoms with Crippen molar-refractivity contribution >= 4 is 27.3 Å². The van der Waals surface area contributed by atoms with Crippen molar-refractivity contribution in [2.75, 3.05) is 43.2 Å². The molecule has 1 aliphatic rings. The molecular weight excluding hydrogens is 384 g/mol. The van der Waals surface area contributed by atoms with Gasteiger partial charge in [-0.3, -0.25) is 9.10 Å². The van der Waals surface area contributed by atoms with Gasteiger partial charge in [-0.15, -0.1) is 0 Å². The maximum absolute atomic E-state index is 12.9. The van der Waals surface area contributed by atoms with E-state index in [0.29, 0.717) is 41.6 Å². The zero-order valence-electron chi connectivity index (χ0n) is 15.9. The number of carbonyl (C=O) groups excluding carboxylic acids is 1. The monoisotopic (exact) mass is 406 g/mol. The molecule has 0 bridgehead atoms. The average Bonchev–Trinajstić information content (AvgIpc) is 3.06. The van der Waals surface area contributed by atoms with E-state index in [1.54, 1.807) is 36.4 Å². The smallest absolute Gasteiger partial charge is 0.263 e. The molecule has 1 aliphatic heterocycles. The van der Waals surface area contributed by atoms with Gasteiger partial charge in [0.15, 0.2) is 0 Å². The number of hydrogen-bond acceptors (Lipinski definition) is 6. The van der Waals surface area contributed by atoms with E-state index in [1.165, 1.54) is 25.6 Å². The van der Waals surface area contributed by atoms with Crippen molar-refractivity contribution in [2.45, 2.75) is 6.42 Å². The molecule has 0 spiro atoms. The highest BCUT2D eigenvalue weighted by Crippen LogP contribution is 2.34. The van der Waals surface area contributed by atoms with Crippen molar-refractivity contribution < 1.29 is 27.4 Å². The van der Waals surface area contributed by atoms with Gasteiger partial charge < -0.3 is 19.5 Å². The molecule has 2 aromatic carbocycles. The lowest BCUT2D eigenvalue weighted by atomic mass is 10.1. The quantitative estimate of drug-likeness (QED) is 0.792. The summed E-state index contributed by atoms with van der Waals surface area (Å²) in [5.41, 5.74) is 1.16. The molecule has 1 saturated heterocycles. The predicted molar refractivity (Wildman–Crippen MR) is 106 cm³/mol. The standard InChI is InChI=1S/C19H22N2O6S/c1-25-15-6-4-7-16(26-2)18(15)19(22)20-14-9-8-13(12-17(14)27-3)21-10-5-11-28(21,23)24/h4,6-9,12H,5,10-11H2,1-3H3,(H,20,22). The Bertz CT molecular complexity index is 968. The van der Waals surface area contributed by atoms with Crippen LogP contribution < -0.4 is 23.8 Å². The van der Waals surface area contributed by atoms with Crippen molar-refractivity contribution in [1.82, 2.24) is 0 Å². The Morgan fingerprint density at radius 3 is 2.18 bits per heavy atom. The molecule has 2 aromatic rings. The zero-order valence-corrected chi connectivity index (χ0v) is 16.7. The number of benzene rings is 2. The summed E-state index contributed by atoms with van der Waals surface area (Å²) < 4.78 is 41.5. The Kier molecular flexibility index (Phi) is 5.64. The maximum atomic E-state index is 12.9. The first kappa shape index (κ1) is 19.8. The van der Waals surface area contributed by atoms with Crippen molar-refractivity contribution in [2.24, 2.45) is 0 Å². The van der Waals surface area contributed by atoms with Crippen molar-refractivity contribution in [3.63, 3.8) is 0 Å². The summed E-state index contributed by atoms with van der Waals surface area (Å²) in [6.45, 7) is 0.426. The van der Waals surface area contributed by atoms with Crippen LogP contribution in [0.4, 0.5) is 11.4 Å². The third-order valence-corrected chi connectivity index (χ3v) is 6.34. The van der Waals surface area contributed by atoms with E-state index in [9.17, 15) is 13.2 Å². The number of sulfonamides is 1. The summed E-state index contributed by atoms with van der Waals surface area (Å²) in [4.78, 5) is 12.9. The van der Waals surface area contributed by atoms with Crippen LogP contribution in [0.15, 0.2) is 36.4 Å². The fraction of sp³-hybridized carbons (Fsp3) is 0.316. The van der Waals surface area contributed by atoms with Crippen LogP contribution in [0.25, 0.3) is 0 Å². The molecule has 150 valence electrons. The maximum Gasteiger partial charge on any atom is 0.263 e. The molecule has 0 atom stereocenters. The van der Waals surface area contributed by atoms with Crippen LogP contribution in [0.2, 0.25) is 0 Å². The Labute approximate surface area is 164 Å². The molecule has 9 heteroatoms. The summed E-state index contributed by atoms with van der Waals surface area (Å²) in [5.74, 6) is 0.781. The normalized spacial score (nSPS) is 15.2. The number of carbonyl (C=O) groups is 1. The average molecular weight is 406 g/mol. The van der Waals surface area contributed by atoms with Gasteiger partial charge in [0.1, 0.15) is 22.8 Å². The fourth-order valence-electron chi connectivity index (χ4n) is 3.13. The van der Waals surface area contributed by atoms with Crippen molar-refractivity contribution in [3.05, 3.63) is 42.0 Å². The molecule has 0 unspecified atom stereocenters. The molecule has 1 heterocycles. The van der Waals surface area contributed by atoms with Gasteiger partial charge in [-0.05, 0) is 30.7 Å². The Balaban J connectivity index is 1.92. The van der Waals surface area contributed by atoms with Crippen LogP contribution in [-0.4, -0.2) is 48.0 Å². The number of methoxy groups -OCH3 is 3. The van der Waals surface area contributed by atoms with Crippen LogP contribution >= 0.6 is 0 Å². The van der Waals surface area contributed by atoms with Gasteiger partial charge in [-0.1, -0.05) is 6.07 Å². The first-order valence-electron chi connectivity index (χ1n) is 8.62. The van der Waals surface area contributed by atoms with Crippen molar-refractivity contribution in [3.8, 4) is 17.2 Å². The van der Waals surface area contributed by atoms with Gasteiger partial charge in [-0.25, -0.2) is 8.42 Å². The Morgan fingerprint density at radius 1 is 1.00 bits per heavy atom. The highest BCUT2D eigenvalue weighted by Gasteiger charge is 2.29. The predicted octanol–water partition coefficient (Wildman–Crippen LogP) is 2.50. The minimum absolute atomic E-state index is 0.126. The van der Waals surface area contributed by atoms with E-state index in [1.807, 2.05) is 0 Å². The number of anilines is 2. The third kappa shape index (κ3) is 3.70. The second-order valence-corrected chi connectivity index (χ2v) is 8.13. The fourth-order valence-corrected chi connectivity index (χ4v) is 4.68. The number of ether oxygens (including phenoxy) is 3. The molecule has 1 N–H and O–H groups in total. The van der Waals surface area contributed by atoms with Gasteiger partial charge in [-0.2, -0.15) is 0 Å². The van der Waals surface area contributed by atoms with Gasteiger partial charge in [0.05, 0.1) is 38.5 Å². The molecule has 3 rings (SSSR count). The lowest BCUT2D eigenvalue weighted by Gasteiger charge is -2.19. The number of nitrogens with one attached hydrogen (secondary N) is 1. The first-order chi connectivity index (χ1) is 13.4. The van der Waals surface area contributed by atoms with E-state index in [4.69, 9.17) is 14.2 Å². The van der Waals surface area contributed by atoms with Crippen LogP contribution in [0, 0.1) is 0 Å². The Hall–Kier alpha value is -2.94. The van der Waals surface area contributed by atoms with Crippen LogP contribution in [-0.2, 0) is 10.0 Å². The van der Waals surface area contributed by atoms with Crippen LogP contribution in [0.1, 0.15) is 16.8 Å². The number of amides is 1. The van der Waals surface area contributed by atoms with E-state index in [0.717, 1.165) is 0 Å². The molecule has 0 saturated carbocycles. The van der Waals surface area contributed by atoms with Crippen molar-refractivity contribution in [1.29, 1.82) is 0 Å². The van der Waals surface area contributed by atoms with Gasteiger partial charge >= 0.3 is 0 Å². The number of nitrogens with zero attached hydrogens (tertiary/aromatic N) is 1. The van der Waals surface area contributed by atoms with E-state index in [-0.39, 0.29) is 11.3 Å².